The summed E-state index contributed by atoms with van der Waals surface area (Å²) < 4.78 is 6.46. The van der Waals surface area contributed by atoms with E-state index >= 15 is 0 Å². The Kier molecular flexibility index (Phi) is 3.69. The first-order valence-electron chi connectivity index (χ1n) is 8.74. The number of nitrogens with zero attached hydrogens (tertiary/aromatic N) is 5. The minimum Gasteiger partial charge on any atom is -0.283 e. The van der Waals surface area contributed by atoms with Gasteiger partial charge in [-0.2, -0.15) is 4.98 Å². The van der Waals surface area contributed by atoms with Crippen molar-refractivity contribution in [2.45, 2.75) is 27.3 Å². The molecule has 0 atom stereocenters. The van der Waals surface area contributed by atoms with E-state index in [9.17, 15) is 9.59 Å². The van der Waals surface area contributed by atoms with Crippen molar-refractivity contribution in [2.75, 3.05) is 0 Å². The van der Waals surface area contributed by atoms with Gasteiger partial charge in [-0.05, 0) is 38.5 Å². The van der Waals surface area contributed by atoms with Gasteiger partial charge in [0.25, 0.3) is 5.56 Å². The van der Waals surface area contributed by atoms with Crippen LogP contribution >= 0.6 is 0 Å². The molecule has 3 aromatic heterocycles. The summed E-state index contributed by atoms with van der Waals surface area (Å²) >= 11 is 0. The fourth-order valence-corrected chi connectivity index (χ4v) is 3.62. The van der Waals surface area contributed by atoms with E-state index in [2.05, 4.69) is 17.6 Å². The van der Waals surface area contributed by atoms with Gasteiger partial charge in [-0.15, -0.1) is 6.58 Å². The number of fused-ring (bicyclic) bond motifs is 3. The van der Waals surface area contributed by atoms with Crippen molar-refractivity contribution < 1.29 is 0 Å². The number of aromatic nitrogens is 5. The molecule has 0 saturated carbocycles. The molecule has 0 amide bonds. The minimum absolute atomic E-state index is 0.158. The van der Waals surface area contributed by atoms with E-state index < -0.39 is 5.69 Å². The second-order valence-corrected chi connectivity index (χ2v) is 6.81. The van der Waals surface area contributed by atoms with E-state index in [-0.39, 0.29) is 12.1 Å². The molecule has 138 valence electrons. The van der Waals surface area contributed by atoms with Crippen molar-refractivity contribution in [3.05, 3.63) is 74.7 Å². The standard InChI is InChI=1S/C20H21N5O2/c1-6-10-23-18(26)16-17(22(5)20(23)27)21-19-24(13(3)14(4)25(16)19)15-9-7-8-12(2)11-15/h6-9,11H,1,10H2,2-5H3. The van der Waals surface area contributed by atoms with Crippen LogP contribution in [-0.2, 0) is 13.6 Å². The van der Waals surface area contributed by atoms with E-state index in [0.29, 0.717) is 16.9 Å². The number of hydrogen-bond acceptors (Lipinski definition) is 3. The first-order chi connectivity index (χ1) is 12.9. The van der Waals surface area contributed by atoms with Gasteiger partial charge < -0.3 is 0 Å². The maximum absolute atomic E-state index is 13.1. The predicted octanol–water partition coefficient (Wildman–Crippen LogP) is 2.25. The quantitative estimate of drug-likeness (QED) is 0.525. The van der Waals surface area contributed by atoms with Gasteiger partial charge in [0, 0.05) is 30.7 Å². The summed E-state index contributed by atoms with van der Waals surface area (Å²) in [5.74, 6) is 0.619. The Labute approximate surface area is 155 Å². The Morgan fingerprint density at radius 1 is 1.15 bits per heavy atom. The fourth-order valence-electron chi connectivity index (χ4n) is 3.62. The van der Waals surface area contributed by atoms with E-state index in [0.717, 1.165) is 22.6 Å². The molecule has 1 aromatic carbocycles. The summed E-state index contributed by atoms with van der Waals surface area (Å²) in [6, 6.07) is 8.10. The summed E-state index contributed by atoms with van der Waals surface area (Å²) in [7, 11) is 1.63. The highest BCUT2D eigenvalue weighted by Crippen LogP contribution is 2.24. The van der Waals surface area contributed by atoms with Crippen molar-refractivity contribution >= 4 is 16.9 Å². The number of benzene rings is 1. The molecule has 0 aliphatic carbocycles. The molecule has 7 nitrogen and oxygen atoms in total. The molecule has 0 N–H and O–H groups in total. The molecule has 0 aliphatic heterocycles. The number of allylic oxidation sites excluding steroid dienone is 1. The summed E-state index contributed by atoms with van der Waals surface area (Å²) in [6.07, 6.45) is 1.54. The van der Waals surface area contributed by atoms with E-state index in [1.807, 2.05) is 47.9 Å². The Morgan fingerprint density at radius 2 is 1.89 bits per heavy atom. The number of rotatable bonds is 3. The van der Waals surface area contributed by atoms with Crippen molar-refractivity contribution in [1.29, 1.82) is 0 Å². The Hall–Kier alpha value is -3.35. The van der Waals surface area contributed by atoms with E-state index in [4.69, 9.17) is 0 Å². The van der Waals surface area contributed by atoms with Gasteiger partial charge in [0.15, 0.2) is 11.2 Å². The smallest absolute Gasteiger partial charge is 0.283 e. The lowest BCUT2D eigenvalue weighted by Gasteiger charge is -2.07. The van der Waals surface area contributed by atoms with Crippen molar-refractivity contribution in [3.63, 3.8) is 0 Å². The maximum Gasteiger partial charge on any atom is 0.332 e. The van der Waals surface area contributed by atoms with Gasteiger partial charge in [-0.25, -0.2) is 4.79 Å². The Morgan fingerprint density at radius 3 is 2.56 bits per heavy atom. The van der Waals surface area contributed by atoms with Crippen LogP contribution in [0.1, 0.15) is 17.0 Å². The lowest BCUT2D eigenvalue weighted by Crippen LogP contribution is -2.39. The van der Waals surface area contributed by atoms with Gasteiger partial charge in [0.2, 0.25) is 5.78 Å². The maximum atomic E-state index is 13.1. The number of hydrogen-bond donors (Lipinski definition) is 0. The van der Waals surface area contributed by atoms with Crippen molar-refractivity contribution in [2.24, 2.45) is 7.05 Å². The molecule has 0 unspecified atom stereocenters. The summed E-state index contributed by atoms with van der Waals surface area (Å²) in [5.41, 5.74) is 4.04. The molecule has 0 radical (unpaired) electrons. The second kappa shape index (κ2) is 5.84. The van der Waals surface area contributed by atoms with Gasteiger partial charge >= 0.3 is 5.69 Å². The fraction of sp³-hybridized carbons (Fsp3) is 0.250. The minimum atomic E-state index is -0.398. The molecular formula is C20H21N5O2. The van der Waals surface area contributed by atoms with Crippen LogP contribution < -0.4 is 11.2 Å². The summed E-state index contributed by atoms with van der Waals surface area (Å²) in [6.45, 7) is 9.80. The molecule has 0 fully saturated rings. The topological polar surface area (TPSA) is 66.2 Å². The Balaban J connectivity index is 2.23. The van der Waals surface area contributed by atoms with Crippen LogP contribution in [0, 0.1) is 20.8 Å². The molecule has 0 bridgehead atoms. The largest absolute Gasteiger partial charge is 0.332 e. The zero-order valence-electron chi connectivity index (χ0n) is 15.9. The average Bonchev–Trinajstić information content (AvgIpc) is 3.13. The summed E-state index contributed by atoms with van der Waals surface area (Å²) in [5, 5.41) is 0. The average molecular weight is 363 g/mol. The second-order valence-electron chi connectivity index (χ2n) is 6.81. The third-order valence-electron chi connectivity index (χ3n) is 5.09. The first-order valence-corrected chi connectivity index (χ1v) is 8.74. The lowest BCUT2D eigenvalue weighted by atomic mass is 10.2. The van der Waals surface area contributed by atoms with Crippen LogP contribution in [0.25, 0.3) is 22.6 Å². The molecule has 0 spiro atoms. The third-order valence-corrected chi connectivity index (χ3v) is 5.09. The van der Waals surface area contributed by atoms with E-state index in [1.165, 1.54) is 9.13 Å². The first kappa shape index (κ1) is 17.1. The SMILES string of the molecule is C=CCn1c(=O)c2c(nc3n(-c4cccc(C)c4)c(C)c(C)n23)n(C)c1=O. The molecule has 4 aromatic rings. The zero-order chi connectivity index (χ0) is 19.5. The van der Waals surface area contributed by atoms with Crippen molar-refractivity contribution in [1.82, 2.24) is 23.1 Å². The van der Waals surface area contributed by atoms with Crippen LogP contribution in [-0.4, -0.2) is 23.1 Å². The predicted molar refractivity (Wildman–Crippen MR) is 106 cm³/mol. The van der Waals surface area contributed by atoms with Crippen LogP contribution in [0.2, 0.25) is 0 Å². The molecular weight excluding hydrogens is 342 g/mol. The highest BCUT2D eigenvalue weighted by atomic mass is 16.2. The molecule has 0 saturated heterocycles. The van der Waals surface area contributed by atoms with Crippen molar-refractivity contribution in [3.8, 4) is 5.69 Å². The molecule has 27 heavy (non-hydrogen) atoms. The van der Waals surface area contributed by atoms with Gasteiger partial charge in [-0.1, -0.05) is 18.2 Å². The van der Waals surface area contributed by atoms with Gasteiger partial charge in [0.1, 0.15) is 0 Å². The highest BCUT2D eigenvalue weighted by Gasteiger charge is 2.22. The number of imidazole rings is 2. The van der Waals surface area contributed by atoms with Gasteiger partial charge in [0.05, 0.1) is 0 Å². The molecule has 3 heterocycles. The van der Waals surface area contributed by atoms with Crippen LogP contribution in [0.5, 0.6) is 0 Å². The van der Waals surface area contributed by atoms with Crippen LogP contribution in [0.4, 0.5) is 0 Å². The highest BCUT2D eigenvalue weighted by molar-refractivity contribution is 5.77. The monoisotopic (exact) mass is 363 g/mol. The number of aryl methyl sites for hydroxylation is 3. The van der Waals surface area contributed by atoms with Crippen LogP contribution in [0.15, 0.2) is 46.5 Å². The zero-order valence-corrected chi connectivity index (χ0v) is 15.9. The normalized spacial score (nSPS) is 11.6. The molecule has 4 rings (SSSR count). The lowest BCUT2D eigenvalue weighted by molar-refractivity contribution is 0.667. The van der Waals surface area contributed by atoms with E-state index in [1.54, 1.807) is 13.1 Å². The van der Waals surface area contributed by atoms with Crippen LogP contribution in [0.3, 0.4) is 0 Å². The third kappa shape index (κ3) is 2.24. The molecule has 0 aliphatic rings. The summed E-state index contributed by atoms with van der Waals surface area (Å²) in [4.78, 5) is 30.3. The Bertz CT molecular complexity index is 1350. The molecule has 7 heteroatoms. The van der Waals surface area contributed by atoms with Gasteiger partial charge in [-0.3, -0.25) is 22.9 Å².